The van der Waals surface area contributed by atoms with E-state index in [0.717, 1.165) is 11.1 Å². The summed E-state index contributed by atoms with van der Waals surface area (Å²) in [5.41, 5.74) is 2.92. The van der Waals surface area contributed by atoms with Crippen LogP contribution >= 0.6 is 23.2 Å². The number of rotatable bonds is 12. The van der Waals surface area contributed by atoms with Gasteiger partial charge in [0.15, 0.2) is 0 Å². The summed E-state index contributed by atoms with van der Waals surface area (Å²) in [6.07, 6.45) is -1.54. The van der Waals surface area contributed by atoms with Crippen LogP contribution in [0.3, 0.4) is 0 Å². The Morgan fingerprint density at radius 1 is 1.00 bits per heavy atom. The Morgan fingerprint density at radius 2 is 1.66 bits per heavy atom. The molecule has 0 spiro atoms. The molecule has 2 atom stereocenters. The molecule has 3 N–H and O–H groups in total. The van der Waals surface area contributed by atoms with E-state index in [1.807, 2.05) is 36.4 Å². The largest absolute Gasteiger partial charge is 0.491 e. The van der Waals surface area contributed by atoms with Crippen molar-refractivity contribution < 1.29 is 24.8 Å². The van der Waals surface area contributed by atoms with Crippen molar-refractivity contribution in [3.8, 4) is 11.5 Å². The molecule has 3 rings (SSSR count). The van der Waals surface area contributed by atoms with Crippen molar-refractivity contribution in [2.45, 2.75) is 51.5 Å². The first-order valence-corrected chi connectivity index (χ1v) is 12.1. The third kappa shape index (κ3) is 6.86. The van der Waals surface area contributed by atoms with Gasteiger partial charge in [0.05, 0.1) is 29.7 Å². The molecule has 0 bridgehead atoms. The molecule has 0 fully saturated rings. The molecule has 8 nitrogen and oxygen atoms in total. The highest BCUT2D eigenvalue weighted by molar-refractivity contribution is 6.32. The SMILES string of the molecule is Cc1c(CO)nnn1C[C@H](O)COc1ccc(C(C)(C)c2ccc(OC[C@@H](O)CCl)c(Cl)c2)cc1. The van der Waals surface area contributed by atoms with Gasteiger partial charge in [0.25, 0.3) is 0 Å². The lowest BCUT2D eigenvalue weighted by Gasteiger charge is -2.27. The highest BCUT2D eigenvalue weighted by Gasteiger charge is 2.24. The lowest BCUT2D eigenvalue weighted by atomic mass is 9.78. The van der Waals surface area contributed by atoms with Crippen LogP contribution in [0, 0.1) is 6.92 Å². The summed E-state index contributed by atoms with van der Waals surface area (Å²) < 4.78 is 12.8. The average molecular weight is 524 g/mol. The van der Waals surface area contributed by atoms with Crippen molar-refractivity contribution in [1.29, 1.82) is 0 Å². The second-order valence-electron chi connectivity index (χ2n) is 8.84. The number of benzene rings is 2. The number of hydrogen-bond donors (Lipinski definition) is 3. The van der Waals surface area contributed by atoms with Crippen molar-refractivity contribution in [2.75, 3.05) is 19.1 Å². The molecule has 3 aromatic rings. The third-order valence-electron chi connectivity index (χ3n) is 5.89. The van der Waals surface area contributed by atoms with Crippen LogP contribution in [-0.4, -0.2) is 61.6 Å². The van der Waals surface area contributed by atoms with Crippen LogP contribution in [0.25, 0.3) is 0 Å². The van der Waals surface area contributed by atoms with Crippen molar-refractivity contribution in [3.63, 3.8) is 0 Å². The molecule has 0 aliphatic heterocycles. The smallest absolute Gasteiger partial charge is 0.138 e. The molecule has 2 aromatic carbocycles. The molecule has 0 unspecified atom stereocenters. The van der Waals surface area contributed by atoms with Gasteiger partial charge < -0.3 is 24.8 Å². The van der Waals surface area contributed by atoms with Crippen LogP contribution in [0.2, 0.25) is 5.02 Å². The molecule has 35 heavy (non-hydrogen) atoms. The Hall–Kier alpha value is -2.36. The number of aliphatic hydroxyl groups excluding tert-OH is 3. The van der Waals surface area contributed by atoms with Crippen LogP contribution < -0.4 is 9.47 Å². The Kier molecular flexibility index (Phi) is 9.38. The summed E-state index contributed by atoms with van der Waals surface area (Å²) in [4.78, 5) is 0. The molecule has 0 aliphatic carbocycles. The first-order valence-electron chi connectivity index (χ1n) is 11.2. The Balaban J connectivity index is 1.60. The van der Waals surface area contributed by atoms with Crippen molar-refractivity contribution in [1.82, 2.24) is 15.0 Å². The molecule has 190 valence electrons. The number of aliphatic hydroxyl groups is 3. The lowest BCUT2D eigenvalue weighted by molar-refractivity contribution is 0.0882. The quantitative estimate of drug-likeness (QED) is 0.311. The van der Waals surface area contributed by atoms with Crippen LogP contribution in [0.4, 0.5) is 0 Å². The normalized spacial score (nSPS) is 13.5. The van der Waals surface area contributed by atoms with Crippen molar-refractivity contribution in [3.05, 3.63) is 70.0 Å². The van der Waals surface area contributed by atoms with E-state index in [9.17, 15) is 15.3 Å². The highest BCUT2D eigenvalue weighted by Crippen LogP contribution is 2.36. The summed E-state index contributed by atoms with van der Waals surface area (Å²) in [6, 6.07) is 13.3. The van der Waals surface area contributed by atoms with Crippen LogP contribution in [0.5, 0.6) is 11.5 Å². The van der Waals surface area contributed by atoms with Gasteiger partial charge in [-0.2, -0.15) is 0 Å². The second kappa shape index (κ2) is 12.1. The van der Waals surface area contributed by atoms with E-state index in [2.05, 4.69) is 24.2 Å². The van der Waals surface area contributed by atoms with Gasteiger partial charge in [-0.1, -0.05) is 48.9 Å². The number of hydrogen-bond acceptors (Lipinski definition) is 7. The van der Waals surface area contributed by atoms with E-state index in [1.54, 1.807) is 17.7 Å². The average Bonchev–Trinajstić information content (AvgIpc) is 3.20. The molecule has 1 heterocycles. The Labute approximate surface area is 215 Å². The number of alkyl halides is 1. The molecular formula is C25H31Cl2N3O5. The minimum atomic E-state index is -0.786. The van der Waals surface area contributed by atoms with Gasteiger partial charge in [-0.25, -0.2) is 4.68 Å². The fourth-order valence-corrected chi connectivity index (χ4v) is 3.86. The molecule has 0 radical (unpaired) electrons. The van der Waals surface area contributed by atoms with Crippen LogP contribution in [0.1, 0.15) is 36.4 Å². The van der Waals surface area contributed by atoms with E-state index in [4.69, 9.17) is 32.7 Å². The van der Waals surface area contributed by atoms with Gasteiger partial charge in [-0.3, -0.25) is 0 Å². The molecule has 1 aromatic heterocycles. The highest BCUT2D eigenvalue weighted by atomic mass is 35.5. The van der Waals surface area contributed by atoms with Gasteiger partial charge in [0.2, 0.25) is 0 Å². The van der Waals surface area contributed by atoms with E-state index >= 15 is 0 Å². The maximum atomic E-state index is 10.3. The summed E-state index contributed by atoms with van der Waals surface area (Å²) >= 11 is 12.0. The van der Waals surface area contributed by atoms with E-state index in [1.165, 1.54) is 0 Å². The molecular weight excluding hydrogens is 493 g/mol. The van der Waals surface area contributed by atoms with Gasteiger partial charge in [0, 0.05) is 5.41 Å². The minimum Gasteiger partial charge on any atom is -0.491 e. The van der Waals surface area contributed by atoms with Gasteiger partial charge >= 0.3 is 0 Å². The number of nitrogens with zero attached hydrogens (tertiary/aromatic N) is 3. The maximum absolute atomic E-state index is 10.3. The molecule has 0 aliphatic rings. The number of aromatic nitrogens is 3. The first-order chi connectivity index (χ1) is 16.6. The zero-order valence-electron chi connectivity index (χ0n) is 20.0. The number of halogens is 2. The standard InChI is InChI=1S/C25H31Cl2N3O5/c1-16-23(13-31)28-29-30(16)12-20(33)15-34-21-7-4-17(5-8-21)25(2,3)18-6-9-24(22(27)10-18)35-14-19(32)11-26/h4-10,19-20,31-33H,11-15H2,1-3H3/t19-,20-/m0/s1. The molecule has 0 amide bonds. The first kappa shape index (κ1) is 27.2. The summed E-state index contributed by atoms with van der Waals surface area (Å²) in [6.45, 7) is 6.17. The van der Waals surface area contributed by atoms with E-state index in [-0.39, 0.29) is 37.7 Å². The molecule has 10 heteroatoms. The fourth-order valence-electron chi connectivity index (χ4n) is 3.53. The summed E-state index contributed by atoms with van der Waals surface area (Å²) in [5, 5.41) is 37.4. The fraction of sp³-hybridized carbons (Fsp3) is 0.440. The second-order valence-corrected chi connectivity index (χ2v) is 9.56. The van der Waals surface area contributed by atoms with Crippen molar-refractivity contribution in [2.24, 2.45) is 0 Å². The van der Waals surface area contributed by atoms with Gasteiger partial charge in [-0.05, 0) is 42.3 Å². The maximum Gasteiger partial charge on any atom is 0.138 e. The molecule has 0 saturated heterocycles. The summed E-state index contributed by atoms with van der Waals surface area (Å²) in [5.74, 6) is 1.22. The lowest BCUT2D eigenvalue weighted by Crippen LogP contribution is -2.25. The zero-order valence-corrected chi connectivity index (χ0v) is 21.5. The Bertz CT molecular complexity index is 1100. The Morgan fingerprint density at radius 3 is 2.26 bits per heavy atom. The topological polar surface area (TPSA) is 110 Å². The minimum absolute atomic E-state index is 0.0737. The number of ether oxygens (including phenoxy) is 2. The third-order valence-corrected chi connectivity index (χ3v) is 6.54. The summed E-state index contributed by atoms with van der Waals surface area (Å²) in [7, 11) is 0. The zero-order chi connectivity index (χ0) is 25.6. The predicted molar refractivity (Wildman–Crippen MR) is 134 cm³/mol. The van der Waals surface area contributed by atoms with Gasteiger partial charge in [-0.15, -0.1) is 16.7 Å². The predicted octanol–water partition coefficient (Wildman–Crippen LogP) is 3.48. The van der Waals surface area contributed by atoms with E-state index in [0.29, 0.717) is 27.9 Å². The monoisotopic (exact) mass is 523 g/mol. The van der Waals surface area contributed by atoms with Crippen molar-refractivity contribution >= 4 is 23.2 Å². The van der Waals surface area contributed by atoms with E-state index < -0.39 is 12.2 Å². The van der Waals surface area contributed by atoms with Crippen LogP contribution in [0.15, 0.2) is 42.5 Å². The van der Waals surface area contributed by atoms with Crippen LogP contribution in [-0.2, 0) is 18.6 Å². The molecule has 0 saturated carbocycles. The van der Waals surface area contributed by atoms with Gasteiger partial charge in [0.1, 0.15) is 42.6 Å².